The monoisotopic (exact) mass is 536 g/mol. The van der Waals surface area contributed by atoms with Gasteiger partial charge in [-0.15, -0.1) is 0 Å². The Kier molecular flexibility index (Phi) is 6.96. The maximum Gasteiger partial charge on any atom is 0.262 e. The van der Waals surface area contributed by atoms with Crippen LogP contribution in [-0.4, -0.2) is 61.8 Å². The fourth-order valence-electron chi connectivity index (χ4n) is 6.16. The van der Waals surface area contributed by atoms with Gasteiger partial charge in [-0.2, -0.15) is 5.26 Å². The van der Waals surface area contributed by atoms with Crippen LogP contribution in [0.4, 0.5) is 0 Å². The maximum atomic E-state index is 13.6. The third kappa shape index (κ3) is 4.70. The summed E-state index contributed by atoms with van der Waals surface area (Å²) in [6.07, 6.45) is 5.32. The number of rotatable bonds is 5. The van der Waals surface area contributed by atoms with Gasteiger partial charge in [0, 0.05) is 44.0 Å². The van der Waals surface area contributed by atoms with E-state index in [1.165, 1.54) is 0 Å². The Labute approximate surface area is 232 Å². The van der Waals surface area contributed by atoms with Crippen molar-refractivity contribution in [2.45, 2.75) is 37.3 Å². The van der Waals surface area contributed by atoms with E-state index in [2.05, 4.69) is 16.4 Å². The molecule has 2 aliphatic rings. The minimum atomic E-state index is -1.42. The van der Waals surface area contributed by atoms with E-state index in [0.29, 0.717) is 55.7 Å². The number of nitrogens with zero attached hydrogens (tertiary/aromatic N) is 5. The van der Waals surface area contributed by atoms with Gasteiger partial charge in [0.05, 0.1) is 23.3 Å². The van der Waals surface area contributed by atoms with Crippen LogP contribution in [0.25, 0.3) is 16.7 Å². The van der Waals surface area contributed by atoms with Gasteiger partial charge in [-0.05, 0) is 67.6 Å². The molecule has 1 amide bonds. The molecular weight excluding hydrogens is 504 g/mol. The van der Waals surface area contributed by atoms with Crippen LogP contribution in [0.1, 0.15) is 36.3 Å². The average molecular weight is 537 g/mol. The number of likely N-dealkylation sites (tertiary alicyclic amines) is 1. The van der Waals surface area contributed by atoms with Gasteiger partial charge in [0.25, 0.3) is 11.5 Å². The summed E-state index contributed by atoms with van der Waals surface area (Å²) in [6, 6.07) is 20.8. The van der Waals surface area contributed by atoms with E-state index in [9.17, 15) is 14.7 Å². The van der Waals surface area contributed by atoms with E-state index >= 15 is 0 Å². The number of piperidine rings is 2. The van der Waals surface area contributed by atoms with Crippen molar-refractivity contribution in [3.05, 3.63) is 94.7 Å². The second-order valence-electron chi connectivity index (χ2n) is 10.9. The molecule has 9 heteroatoms. The SMILES string of the molecule is N#Cc1ccc(-n2ccc3c(=O)n(CC4CCN(C(=O)[C@@]5(O)CCNC[C@H]5c5ccccc5)CC4)cnc32)cc1. The molecule has 4 heterocycles. The normalized spacial score (nSPS) is 21.8. The van der Waals surface area contributed by atoms with Crippen molar-refractivity contribution in [3.63, 3.8) is 0 Å². The van der Waals surface area contributed by atoms with Crippen molar-refractivity contribution >= 4 is 16.9 Å². The molecule has 4 aromatic rings. The van der Waals surface area contributed by atoms with E-state index in [0.717, 1.165) is 24.1 Å². The van der Waals surface area contributed by atoms with Crippen LogP contribution in [0.15, 0.2) is 78.0 Å². The topological polar surface area (TPSA) is 116 Å². The molecule has 2 N–H and O–H groups in total. The van der Waals surface area contributed by atoms with Crippen LogP contribution in [0.2, 0.25) is 0 Å². The summed E-state index contributed by atoms with van der Waals surface area (Å²) in [4.78, 5) is 33.3. The van der Waals surface area contributed by atoms with Crippen LogP contribution < -0.4 is 10.9 Å². The number of fused-ring (bicyclic) bond motifs is 1. The summed E-state index contributed by atoms with van der Waals surface area (Å²) in [5.41, 5.74) is 1.44. The largest absolute Gasteiger partial charge is 0.379 e. The highest BCUT2D eigenvalue weighted by molar-refractivity contribution is 5.86. The minimum Gasteiger partial charge on any atom is -0.379 e. The smallest absolute Gasteiger partial charge is 0.262 e. The van der Waals surface area contributed by atoms with Gasteiger partial charge >= 0.3 is 0 Å². The number of nitriles is 1. The summed E-state index contributed by atoms with van der Waals surface area (Å²) in [6.45, 7) is 2.81. The molecule has 40 heavy (non-hydrogen) atoms. The zero-order chi connectivity index (χ0) is 27.7. The van der Waals surface area contributed by atoms with Crippen molar-refractivity contribution in [3.8, 4) is 11.8 Å². The Morgan fingerprint density at radius 1 is 1.10 bits per heavy atom. The number of hydrogen-bond donors (Lipinski definition) is 2. The molecule has 2 fully saturated rings. The molecule has 0 aliphatic carbocycles. The first-order chi connectivity index (χ1) is 19.5. The number of carbonyl (C=O) groups is 1. The molecule has 2 saturated heterocycles. The number of benzene rings is 2. The average Bonchev–Trinajstić information content (AvgIpc) is 3.44. The minimum absolute atomic E-state index is 0.0920. The van der Waals surface area contributed by atoms with E-state index < -0.39 is 5.60 Å². The molecular formula is C31H32N6O3. The first-order valence-corrected chi connectivity index (χ1v) is 13.8. The molecule has 9 nitrogen and oxygen atoms in total. The molecule has 0 spiro atoms. The molecule has 6 rings (SSSR count). The number of nitrogens with one attached hydrogen (secondary N) is 1. The second-order valence-corrected chi connectivity index (χ2v) is 10.9. The molecule has 0 bridgehead atoms. The molecule has 204 valence electrons. The summed E-state index contributed by atoms with van der Waals surface area (Å²) in [5, 5.41) is 24.6. The fourth-order valence-corrected chi connectivity index (χ4v) is 6.16. The van der Waals surface area contributed by atoms with Crippen molar-refractivity contribution < 1.29 is 9.90 Å². The fraction of sp³-hybridized carbons (Fsp3) is 0.355. The van der Waals surface area contributed by atoms with Gasteiger partial charge in [0.1, 0.15) is 0 Å². The van der Waals surface area contributed by atoms with E-state index in [4.69, 9.17) is 5.26 Å². The van der Waals surface area contributed by atoms with Crippen molar-refractivity contribution in [2.75, 3.05) is 26.2 Å². The maximum absolute atomic E-state index is 13.6. The van der Waals surface area contributed by atoms with Gasteiger partial charge in [-0.3, -0.25) is 14.2 Å². The highest BCUT2D eigenvalue weighted by Gasteiger charge is 2.48. The summed E-state index contributed by atoms with van der Waals surface area (Å²) in [5.74, 6) is -0.250. The molecule has 2 atom stereocenters. The first-order valence-electron chi connectivity index (χ1n) is 13.8. The molecule has 0 radical (unpaired) electrons. The molecule has 0 saturated carbocycles. The predicted molar refractivity (Wildman–Crippen MR) is 151 cm³/mol. The zero-order valence-electron chi connectivity index (χ0n) is 22.2. The Morgan fingerprint density at radius 3 is 2.58 bits per heavy atom. The number of hydrogen-bond acceptors (Lipinski definition) is 6. The first kappa shape index (κ1) is 26.0. The Morgan fingerprint density at radius 2 is 1.85 bits per heavy atom. The van der Waals surface area contributed by atoms with Gasteiger partial charge in [-0.25, -0.2) is 4.98 Å². The Hall–Kier alpha value is -4.26. The van der Waals surface area contributed by atoms with Gasteiger partial charge < -0.3 is 19.9 Å². The zero-order valence-corrected chi connectivity index (χ0v) is 22.2. The van der Waals surface area contributed by atoms with Gasteiger partial charge in [0.2, 0.25) is 0 Å². The summed E-state index contributed by atoms with van der Waals surface area (Å²) < 4.78 is 3.51. The third-order valence-electron chi connectivity index (χ3n) is 8.48. The van der Waals surface area contributed by atoms with Crippen LogP contribution in [-0.2, 0) is 11.3 Å². The third-order valence-corrected chi connectivity index (χ3v) is 8.48. The summed E-state index contributed by atoms with van der Waals surface area (Å²) in [7, 11) is 0. The molecule has 2 aromatic carbocycles. The van der Waals surface area contributed by atoms with Gasteiger partial charge in [0.15, 0.2) is 11.2 Å². The van der Waals surface area contributed by atoms with Crippen LogP contribution in [0.3, 0.4) is 0 Å². The molecule has 2 aliphatic heterocycles. The highest BCUT2D eigenvalue weighted by atomic mass is 16.3. The van der Waals surface area contributed by atoms with Crippen molar-refractivity contribution in [1.82, 2.24) is 24.3 Å². The second kappa shape index (κ2) is 10.7. The number of aromatic nitrogens is 3. The lowest BCUT2D eigenvalue weighted by Gasteiger charge is -2.43. The lowest BCUT2D eigenvalue weighted by Crippen LogP contribution is -2.59. The quantitative estimate of drug-likeness (QED) is 0.405. The lowest BCUT2D eigenvalue weighted by atomic mass is 9.76. The van der Waals surface area contributed by atoms with Gasteiger partial charge in [-0.1, -0.05) is 30.3 Å². The van der Waals surface area contributed by atoms with Crippen LogP contribution in [0, 0.1) is 17.2 Å². The lowest BCUT2D eigenvalue weighted by molar-refractivity contribution is -0.158. The number of carbonyl (C=O) groups excluding carboxylic acids is 1. The van der Waals surface area contributed by atoms with Crippen LogP contribution >= 0.6 is 0 Å². The van der Waals surface area contributed by atoms with Crippen LogP contribution in [0.5, 0.6) is 0 Å². The van der Waals surface area contributed by atoms with E-state index in [1.54, 1.807) is 34.0 Å². The summed E-state index contributed by atoms with van der Waals surface area (Å²) >= 11 is 0. The number of amides is 1. The highest BCUT2D eigenvalue weighted by Crippen LogP contribution is 2.36. The van der Waals surface area contributed by atoms with Crippen molar-refractivity contribution in [1.29, 1.82) is 5.26 Å². The van der Waals surface area contributed by atoms with Crippen molar-refractivity contribution in [2.24, 2.45) is 5.92 Å². The van der Waals surface area contributed by atoms with E-state index in [1.807, 2.05) is 53.2 Å². The van der Waals surface area contributed by atoms with E-state index in [-0.39, 0.29) is 23.3 Å². The molecule has 0 unspecified atom stereocenters. The standard InChI is InChI=1S/C31H32N6O3/c32-18-22-6-8-25(9-7-22)37-17-12-26-28(37)34-21-36(29(26)38)20-23-10-15-35(16-11-23)30(39)31(40)13-14-33-19-27(31)24-4-2-1-3-5-24/h1-9,12,17,21,23,27,33,40H,10-11,13-16,19-20H2/t27-,31+/m0/s1. The Bertz CT molecular complexity index is 1610. The Balaban J connectivity index is 1.13. The molecule has 2 aromatic heterocycles. The predicted octanol–water partition coefficient (Wildman–Crippen LogP) is 2.81. The number of aliphatic hydroxyl groups is 1.